The standard InChI is InChI=1S/C24H24N4O3S/c1-15-11-19(13-22(16(15)2)32(30,31)25-3)24(29)28-23(17-7-5-4-6-8-17)18-9-10-20-21(12-18)27-14-26-20/h4-14,23,25H,1-3H3,(H,26,27)(H,28,29). The van der Waals surface area contributed by atoms with Crippen molar-refractivity contribution in [2.24, 2.45) is 0 Å². The maximum atomic E-state index is 13.3. The van der Waals surface area contributed by atoms with Gasteiger partial charge < -0.3 is 10.3 Å². The van der Waals surface area contributed by atoms with E-state index in [1.807, 2.05) is 48.5 Å². The molecule has 8 heteroatoms. The van der Waals surface area contributed by atoms with Gasteiger partial charge >= 0.3 is 0 Å². The van der Waals surface area contributed by atoms with Crippen LogP contribution in [0.15, 0.2) is 71.9 Å². The third-order valence-electron chi connectivity index (χ3n) is 5.63. The van der Waals surface area contributed by atoms with Gasteiger partial charge in [-0.3, -0.25) is 4.79 Å². The van der Waals surface area contributed by atoms with Crippen molar-refractivity contribution >= 4 is 27.0 Å². The molecule has 0 saturated heterocycles. The fourth-order valence-electron chi connectivity index (χ4n) is 3.70. The van der Waals surface area contributed by atoms with Crippen LogP contribution in [-0.4, -0.2) is 31.3 Å². The number of aryl methyl sites for hydroxylation is 1. The fraction of sp³-hybridized carbons (Fsp3) is 0.167. The van der Waals surface area contributed by atoms with Crippen LogP contribution < -0.4 is 10.0 Å². The van der Waals surface area contributed by atoms with Crippen molar-refractivity contribution in [3.63, 3.8) is 0 Å². The van der Waals surface area contributed by atoms with Gasteiger partial charge in [0.25, 0.3) is 5.91 Å². The summed E-state index contributed by atoms with van der Waals surface area (Å²) in [4.78, 5) is 20.7. The lowest BCUT2D eigenvalue weighted by atomic mass is 9.97. The van der Waals surface area contributed by atoms with E-state index < -0.39 is 16.1 Å². The van der Waals surface area contributed by atoms with Crippen LogP contribution in [0.1, 0.15) is 38.7 Å². The van der Waals surface area contributed by atoms with Gasteiger partial charge in [-0.1, -0.05) is 36.4 Å². The van der Waals surface area contributed by atoms with Crippen molar-refractivity contribution in [2.75, 3.05) is 7.05 Å². The Bertz CT molecular complexity index is 1400. The van der Waals surface area contributed by atoms with Crippen LogP contribution in [0, 0.1) is 13.8 Å². The van der Waals surface area contributed by atoms with Crippen LogP contribution in [-0.2, 0) is 10.0 Å². The molecule has 4 aromatic rings. The molecule has 0 spiro atoms. The number of aromatic amines is 1. The van der Waals surface area contributed by atoms with E-state index in [2.05, 4.69) is 20.0 Å². The summed E-state index contributed by atoms with van der Waals surface area (Å²) < 4.78 is 27.3. The Morgan fingerprint density at radius 3 is 2.47 bits per heavy atom. The first-order chi connectivity index (χ1) is 15.3. The maximum Gasteiger partial charge on any atom is 0.252 e. The average Bonchev–Trinajstić information content (AvgIpc) is 3.27. The molecule has 0 bridgehead atoms. The summed E-state index contributed by atoms with van der Waals surface area (Å²) >= 11 is 0. The zero-order chi connectivity index (χ0) is 22.9. The topological polar surface area (TPSA) is 104 Å². The van der Waals surface area contributed by atoms with Crippen molar-refractivity contribution in [2.45, 2.75) is 24.8 Å². The first-order valence-electron chi connectivity index (χ1n) is 10.1. The number of carbonyl (C=O) groups is 1. The Kier molecular flexibility index (Phi) is 5.82. The molecule has 1 amide bonds. The van der Waals surface area contributed by atoms with E-state index in [4.69, 9.17) is 0 Å². The van der Waals surface area contributed by atoms with Gasteiger partial charge in [-0.15, -0.1) is 0 Å². The predicted octanol–water partition coefficient (Wildman–Crippen LogP) is 3.61. The second kappa shape index (κ2) is 8.57. The zero-order valence-electron chi connectivity index (χ0n) is 18.0. The number of hydrogen-bond acceptors (Lipinski definition) is 4. The third-order valence-corrected chi connectivity index (χ3v) is 7.17. The molecule has 32 heavy (non-hydrogen) atoms. The Morgan fingerprint density at radius 1 is 1.00 bits per heavy atom. The number of nitrogens with zero attached hydrogens (tertiary/aromatic N) is 1. The molecule has 0 aliphatic carbocycles. The average molecular weight is 449 g/mol. The summed E-state index contributed by atoms with van der Waals surface area (Å²) in [7, 11) is -2.34. The second-order valence-corrected chi connectivity index (χ2v) is 9.48. The highest BCUT2D eigenvalue weighted by Gasteiger charge is 2.22. The van der Waals surface area contributed by atoms with Gasteiger partial charge in [-0.05, 0) is 67.4 Å². The Morgan fingerprint density at radius 2 is 1.75 bits per heavy atom. The highest BCUT2D eigenvalue weighted by atomic mass is 32.2. The fourth-order valence-corrected chi connectivity index (χ4v) is 4.77. The highest BCUT2D eigenvalue weighted by molar-refractivity contribution is 7.89. The van der Waals surface area contributed by atoms with E-state index in [0.29, 0.717) is 5.56 Å². The molecule has 1 heterocycles. The first kappa shape index (κ1) is 21.7. The summed E-state index contributed by atoms with van der Waals surface area (Å²) in [5.41, 5.74) is 5.11. The zero-order valence-corrected chi connectivity index (χ0v) is 18.8. The summed E-state index contributed by atoms with van der Waals surface area (Å²) in [6.07, 6.45) is 1.63. The minimum Gasteiger partial charge on any atom is -0.345 e. The Hall–Kier alpha value is -3.49. The van der Waals surface area contributed by atoms with Crippen LogP contribution >= 0.6 is 0 Å². The first-order valence-corrected chi connectivity index (χ1v) is 11.6. The normalized spacial score (nSPS) is 12.6. The monoisotopic (exact) mass is 448 g/mol. The van der Waals surface area contributed by atoms with Gasteiger partial charge in [0.15, 0.2) is 0 Å². The van der Waals surface area contributed by atoms with E-state index in [9.17, 15) is 13.2 Å². The molecule has 1 aromatic heterocycles. The number of rotatable bonds is 6. The van der Waals surface area contributed by atoms with Crippen molar-refractivity contribution in [1.29, 1.82) is 0 Å². The Labute approximate surface area is 187 Å². The molecule has 4 rings (SSSR count). The number of carbonyl (C=O) groups excluding carboxylic acids is 1. The summed E-state index contributed by atoms with van der Waals surface area (Å²) in [6.45, 7) is 3.52. The lowest BCUT2D eigenvalue weighted by Gasteiger charge is -2.21. The number of hydrogen-bond donors (Lipinski definition) is 3. The minimum atomic E-state index is -3.70. The minimum absolute atomic E-state index is 0.0975. The molecule has 0 radical (unpaired) electrons. The molecule has 1 atom stereocenters. The SMILES string of the molecule is CNS(=O)(=O)c1cc(C(=O)NC(c2ccccc2)c2ccc3nc[nH]c3c2)cc(C)c1C. The molecule has 0 fully saturated rings. The number of benzene rings is 3. The van der Waals surface area contributed by atoms with Crippen molar-refractivity contribution in [3.05, 3.63) is 94.8 Å². The van der Waals surface area contributed by atoms with Crippen molar-refractivity contribution in [1.82, 2.24) is 20.0 Å². The number of fused-ring (bicyclic) bond motifs is 1. The molecule has 0 saturated carbocycles. The van der Waals surface area contributed by atoms with Crippen LogP contribution in [0.2, 0.25) is 0 Å². The van der Waals surface area contributed by atoms with E-state index in [1.165, 1.54) is 13.1 Å². The molecule has 0 aliphatic rings. The summed E-state index contributed by atoms with van der Waals surface area (Å²) in [5.74, 6) is -0.362. The molecule has 3 aromatic carbocycles. The van der Waals surface area contributed by atoms with E-state index in [0.717, 1.165) is 27.7 Å². The quantitative estimate of drug-likeness (QED) is 0.419. The number of nitrogens with one attached hydrogen (secondary N) is 3. The second-order valence-electron chi connectivity index (χ2n) is 7.62. The number of aromatic nitrogens is 2. The molecule has 164 valence electrons. The van der Waals surface area contributed by atoms with Gasteiger partial charge in [0.2, 0.25) is 10.0 Å². The maximum absolute atomic E-state index is 13.3. The predicted molar refractivity (Wildman–Crippen MR) is 124 cm³/mol. The summed E-state index contributed by atoms with van der Waals surface area (Å²) in [5, 5.41) is 3.08. The number of amides is 1. The Balaban J connectivity index is 1.75. The van der Waals surface area contributed by atoms with Crippen LogP contribution in [0.25, 0.3) is 11.0 Å². The molecule has 1 unspecified atom stereocenters. The third kappa shape index (κ3) is 4.15. The van der Waals surface area contributed by atoms with Crippen LogP contribution in [0.5, 0.6) is 0 Å². The van der Waals surface area contributed by atoms with Crippen molar-refractivity contribution in [3.8, 4) is 0 Å². The lowest BCUT2D eigenvalue weighted by molar-refractivity contribution is 0.0942. The molecular weight excluding hydrogens is 424 g/mol. The lowest BCUT2D eigenvalue weighted by Crippen LogP contribution is -2.30. The van der Waals surface area contributed by atoms with Crippen molar-refractivity contribution < 1.29 is 13.2 Å². The van der Waals surface area contributed by atoms with Gasteiger partial charge in [0.1, 0.15) is 0 Å². The number of sulfonamides is 1. The van der Waals surface area contributed by atoms with E-state index >= 15 is 0 Å². The molecule has 0 aliphatic heterocycles. The summed E-state index contributed by atoms with van der Waals surface area (Å²) in [6, 6.07) is 18.1. The molecule has 7 nitrogen and oxygen atoms in total. The smallest absolute Gasteiger partial charge is 0.252 e. The van der Waals surface area contributed by atoms with Gasteiger partial charge in [0, 0.05) is 5.56 Å². The largest absolute Gasteiger partial charge is 0.345 e. The van der Waals surface area contributed by atoms with Gasteiger partial charge in [-0.2, -0.15) is 0 Å². The van der Waals surface area contributed by atoms with Crippen LogP contribution in [0.4, 0.5) is 0 Å². The number of H-pyrrole nitrogens is 1. The highest BCUT2D eigenvalue weighted by Crippen LogP contribution is 2.26. The molecular formula is C24H24N4O3S. The van der Waals surface area contributed by atoms with Crippen LogP contribution in [0.3, 0.4) is 0 Å². The van der Waals surface area contributed by atoms with E-state index in [1.54, 1.807) is 26.2 Å². The molecule has 3 N–H and O–H groups in total. The van der Waals surface area contributed by atoms with Gasteiger partial charge in [0.05, 0.1) is 28.3 Å². The number of imidazole rings is 1. The van der Waals surface area contributed by atoms with E-state index in [-0.39, 0.29) is 16.4 Å². The van der Waals surface area contributed by atoms with Gasteiger partial charge in [-0.25, -0.2) is 18.1 Å².